The number of unbranched alkanes of at least 4 members (excludes halogenated alkanes) is 1. The summed E-state index contributed by atoms with van der Waals surface area (Å²) in [6.07, 6.45) is 7.66. The summed E-state index contributed by atoms with van der Waals surface area (Å²) >= 11 is 0. The van der Waals surface area contributed by atoms with Gasteiger partial charge in [0, 0.05) is 65.3 Å². The summed E-state index contributed by atoms with van der Waals surface area (Å²) in [4.78, 5) is 0. The fourth-order valence-electron chi connectivity index (χ4n) is 7.16. The molecule has 4 unspecified atom stereocenters. The molecule has 0 spiro atoms. The molecule has 12 heteroatoms. The van der Waals surface area contributed by atoms with Crippen LogP contribution >= 0.6 is 0 Å². The van der Waals surface area contributed by atoms with E-state index in [0.717, 1.165) is 83.3 Å². The van der Waals surface area contributed by atoms with E-state index in [1.54, 1.807) is 14.2 Å². The highest BCUT2D eigenvalue weighted by Crippen LogP contribution is 2.39. The molecular weight excluding hydrogens is 559 g/mol. The van der Waals surface area contributed by atoms with Gasteiger partial charge in [-0.1, -0.05) is 26.3 Å². The van der Waals surface area contributed by atoms with E-state index in [-0.39, 0.29) is 6.04 Å². The Morgan fingerprint density at radius 1 is 0.900 bits per heavy atom. The van der Waals surface area contributed by atoms with Crippen LogP contribution in [-0.2, 0) is 26.6 Å². The van der Waals surface area contributed by atoms with Gasteiger partial charge >= 0.3 is 26.2 Å². The Bertz CT molecular complexity index is 761. The van der Waals surface area contributed by atoms with Gasteiger partial charge in [0.1, 0.15) is 0 Å². The quantitative estimate of drug-likeness (QED) is 0.153. The van der Waals surface area contributed by atoms with Crippen LogP contribution in [0.4, 0.5) is 0 Å². The molecule has 0 aliphatic carbocycles. The second kappa shape index (κ2) is 16.2. The van der Waals surface area contributed by atoms with Gasteiger partial charge < -0.3 is 26.6 Å². The minimum Gasteiger partial charge on any atom is -0.386 e. The van der Waals surface area contributed by atoms with Crippen molar-refractivity contribution in [3.63, 3.8) is 0 Å². The molecule has 3 heterocycles. The van der Waals surface area contributed by atoms with Crippen LogP contribution in [0, 0.1) is 11.8 Å². The highest BCUT2D eigenvalue weighted by Gasteiger charge is 2.55. The molecule has 0 radical (unpaired) electrons. The van der Waals surface area contributed by atoms with Crippen LogP contribution in [0.5, 0.6) is 0 Å². The molecule has 0 saturated carbocycles. The van der Waals surface area contributed by atoms with Crippen molar-refractivity contribution in [2.24, 2.45) is 11.8 Å². The number of nitrogens with zero attached hydrogens (tertiary/aromatic N) is 3. The Hall–Kier alpha value is 0.0306. The molecule has 3 aliphatic heterocycles. The van der Waals surface area contributed by atoms with E-state index >= 15 is 0 Å². The molecule has 234 valence electrons. The van der Waals surface area contributed by atoms with E-state index in [1.807, 2.05) is 13.2 Å². The highest BCUT2D eigenvalue weighted by atomic mass is 28.4. The average molecular weight is 618 g/mol. The Morgan fingerprint density at radius 3 is 2.20 bits per heavy atom. The number of rotatable bonds is 19. The lowest BCUT2D eigenvalue weighted by molar-refractivity contribution is 0.102. The van der Waals surface area contributed by atoms with Gasteiger partial charge in [-0.05, 0) is 77.5 Å². The highest BCUT2D eigenvalue weighted by molar-refractivity contribution is 6.66. The molecule has 0 bridgehead atoms. The third-order valence-electron chi connectivity index (χ3n) is 9.50. The Kier molecular flexibility index (Phi) is 14.0. The summed E-state index contributed by atoms with van der Waals surface area (Å²) in [5, 5.41) is 0. The summed E-state index contributed by atoms with van der Waals surface area (Å²) < 4.78 is 45.6. The van der Waals surface area contributed by atoms with Crippen molar-refractivity contribution in [1.82, 2.24) is 13.7 Å². The maximum Gasteiger partial charge on any atom is 0.428 e. The zero-order valence-electron chi connectivity index (χ0n) is 26.6. The van der Waals surface area contributed by atoms with E-state index in [4.69, 9.17) is 26.6 Å². The first kappa shape index (κ1) is 34.5. The van der Waals surface area contributed by atoms with E-state index in [9.17, 15) is 0 Å². The van der Waals surface area contributed by atoms with Crippen LogP contribution in [0.25, 0.3) is 0 Å². The predicted molar refractivity (Wildman–Crippen MR) is 167 cm³/mol. The lowest BCUT2D eigenvalue weighted by Gasteiger charge is -2.38. The fraction of sp³-hybridized carbons (Fsp3) is 0.929. The fourth-order valence-corrected chi connectivity index (χ4v) is 17.7. The van der Waals surface area contributed by atoms with Crippen molar-refractivity contribution in [3.8, 4) is 0 Å². The predicted octanol–water partition coefficient (Wildman–Crippen LogP) is 4.56. The van der Waals surface area contributed by atoms with Crippen LogP contribution in [0.3, 0.4) is 0 Å². The van der Waals surface area contributed by atoms with E-state index in [2.05, 4.69) is 48.0 Å². The van der Waals surface area contributed by atoms with Crippen molar-refractivity contribution < 1.29 is 26.6 Å². The van der Waals surface area contributed by atoms with Crippen LogP contribution in [0.15, 0.2) is 12.7 Å². The molecular formula is C28H59N3O6Si3. The van der Waals surface area contributed by atoms with Gasteiger partial charge in [-0.15, -0.1) is 6.58 Å². The van der Waals surface area contributed by atoms with Crippen molar-refractivity contribution in [2.75, 3.05) is 73.9 Å². The van der Waals surface area contributed by atoms with Crippen LogP contribution in [0.2, 0.25) is 18.1 Å². The van der Waals surface area contributed by atoms with Gasteiger partial charge in [-0.25, -0.2) is 0 Å². The second-order valence-electron chi connectivity index (χ2n) is 11.7. The zero-order chi connectivity index (χ0) is 29.2. The Morgan fingerprint density at radius 2 is 1.60 bits per heavy atom. The van der Waals surface area contributed by atoms with Gasteiger partial charge in [0.15, 0.2) is 0 Å². The number of hydrogen-bond donors (Lipinski definition) is 0. The van der Waals surface area contributed by atoms with Crippen molar-refractivity contribution in [1.29, 1.82) is 0 Å². The van der Waals surface area contributed by atoms with Crippen molar-refractivity contribution >= 4 is 26.2 Å². The van der Waals surface area contributed by atoms with Gasteiger partial charge in [0.05, 0.1) is 6.61 Å². The standard InChI is InChI=1S/C28H59N3O6Si3/c1-9-13-18-30-23-27(25-40(30,35-11-3)36-12-4)26(5)15-20-29-19-14-21-38(29,32-6)37-24-28-16-22-39(33-7,34-8)31(28)17-10-2/h10,26-28H,2,9,11-25H2,1,3-8H3. The van der Waals surface area contributed by atoms with Gasteiger partial charge in [-0.2, -0.15) is 0 Å². The molecule has 0 amide bonds. The maximum atomic E-state index is 6.85. The zero-order valence-corrected chi connectivity index (χ0v) is 29.6. The number of hydrogen-bond acceptors (Lipinski definition) is 9. The van der Waals surface area contributed by atoms with Crippen LogP contribution < -0.4 is 0 Å². The Balaban J connectivity index is 1.62. The topological polar surface area (TPSA) is 65.1 Å². The first-order chi connectivity index (χ1) is 19.3. The van der Waals surface area contributed by atoms with E-state index < -0.39 is 26.2 Å². The first-order valence-electron chi connectivity index (χ1n) is 15.8. The maximum absolute atomic E-state index is 6.85. The second-order valence-corrected chi connectivity index (χ2v) is 21.3. The smallest absolute Gasteiger partial charge is 0.386 e. The molecule has 3 fully saturated rings. The largest absolute Gasteiger partial charge is 0.428 e. The molecule has 0 aromatic rings. The molecule has 0 aromatic heterocycles. The normalized spacial score (nSPS) is 29.9. The monoisotopic (exact) mass is 617 g/mol. The molecule has 3 aliphatic rings. The van der Waals surface area contributed by atoms with E-state index in [1.165, 1.54) is 12.8 Å². The van der Waals surface area contributed by atoms with E-state index in [0.29, 0.717) is 18.4 Å². The minimum absolute atomic E-state index is 0.272. The van der Waals surface area contributed by atoms with Crippen LogP contribution in [0.1, 0.15) is 59.8 Å². The minimum atomic E-state index is -2.45. The van der Waals surface area contributed by atoms with Gasteiger partial charge in [-0.3, -0.25) is 13.7 Å². The van der Waals surface area contributed by atoms with Crippen molar-refractivity contribution in [2.45, 2.75) is 84.0 Å². The van der Waals surface area contributed by atoms with Crippen LogP contribution in [-0.4, -0.2) is 120 Å². The molecule has 3 saturated heterocycles. The summed E-state index contributed by atoms with van der Waals surface area (Å²) in [5.41, 5.74) is 0. The SMILES string of the molecule is C=CCN1C(CO[Si]2(OC)CCCN2CCC(C)C2CN(CCCC)[Si](OCC)(OCC)C2)CC[Si]1(OC)OC. The van der Waals surface area contributed by atoms with Crippen molar-refractivity contribution in [3.05, 3.63) is 12.7 Å². The lowest BCUT2D eigenvalue weighted by Crippen LogP contribution is -2.59. The summed E-state index contributed by atoms with van der Waals surface area (Å²) in [6, 6.07) is 3.33. The summed E-state index contributed by atoms with van der Waals surface area (Å²) in [5.74, 6) is 1.20. The third-order valence-corrected chi connectivity index (χ3v) is 20.7. The van der Waals surface area contributed by atoms with Gasteiger partial charge in [0.2, 0.25) is 0 Å². The average Bonchev–Trinajstić information content (AvgIpc) is 3.64. The summed E-state index contributed by atoms with van der Waals surface area (Å²) in [7, 11) is -1.74. The first-order valence-corrected chi connectivity index (χ1v) is 21.7. The molecule has 4 atom stereocenters. The molecule has 3 rings (SSSR count). The molecule has 0 N–H and O–H groups in total. The lowest BCUT2D eigenvalue weighted by atomic mass is 9.92. The summed E-state index contributed by atoms with van der Waals surface area (Å²) in [6.45, 7) is 20.1. The molecule has 40 heavy (non-hydrogen) atoms. The molecule has 0 aromatic carbocycles. The third kappa shape index (κ3) is 7.56. The molecule has 9 nitrogen and oxygen atoms in total. The Labute approximate surface area is 248 Å². The van der Waals surface area contributed by atoms with Gasteiger partial charge in [0.25, 0.3) is 0 Å².